The van der Waals surface area contributed by atoms with Crippen molar-refractivity contribution in [3.63, 3.8) is 0 Å². The molecule has 0 aliphatic heterocycles. The van der Waals surface area contributed by atoms with Gasteiger partial charge in [0.2, 0.25) is 15.9 Å². The molecule has 1 atom stereocenters. The Kier molecular flexibility index (Phi) is 8.75. The van der Waals surface area contributed by atoms with Crippen LogP contribution in [0.3, 0.4) is 0 Å². The van der Waals surface area contributed by atoms with Gasteiger partial charge in [0.25, 0.3) is 0 Å². The van der Waals surface area contributed by atoms with Gasteiger partial charge in [0, 0.05) is 12.6 Å². The normalized spacial score (nSPS) is 12.5. The predicted molar refractivity (Wildman–Crippen MR) is 101 cm³/mol. The number of nitrogens with one attached hydrogen (secondary N) is 1. The molecule has 1 rings (SSSR count). The third-order valence-electron chi connectivity index (χ3n) is 4.16. The number of nitrogens with zero attached hydrogens (tertiary/aromatic N) is 1. The first-order chi connectivity index (χ1) is 11.8. The molecule has 0 aliphatic rings. The van der Waals surface area contributed by atoms with Crippen molar-refractivity contribution < 1.29 is 17.9 Å². The maximum absolute atomic E-state index is 12.3. The van der Waals surface area contributed by atoms with Crippen molar-refractivity contribution in [1.82, 2.24) is 5.32 Å². The summed E-state index contributed by atoms with van der Waals surface area (Å²) in [6.45, 7) is 4.58. The van der Waals surface area contributed by atoms with Gasteiger partial charge in [-0.25, -0.2) is 8.42 Å². The first-order valence-corrected chi connectivity index (χ1v) is 10.5. The second kappa shape index (κ2) is 10.3. The molecule has 0 aliphatic carbocycles. The molecule has 0 aromatic heterocycles. The molecule has 0 radical (unpaired) electrons. The summed E-state index contributed by atoms with van der Waals surface area (Å²) in [6, 6.07) is 6.67. The van der Waals surface area contributed by atoms with Crippen molar-refractivity contribution in [2.24, 2.45) is 5.92 Å². The molecule has 6 nitrogen and oxygen atoms in total. The molecule has 1 amide bonds. The average molecular weight is 371 g/mol. The van der Waals surface area contributed by atoms with E-state index in [0.717, 1.165) is 36.2 Å². The third kappa shape index (κ3) is 7.34. The van der Waals surface area contributed by atoms with Gasteiger partial charge in [0.15, 0.2) is 0 Å². The number of amides is 1. The van der Waals surface area contributed by atoms with Crippen molar-refractivity contribution >= 4 is 21.6 Å². The maximum atomic E-state index is 12.3. The molecule has 0 unspecified atom stereocenters. The van der Waals surface area contributed by atoms with Crippen LogP contribution in [0.1, 0.15) is 39.5 Å². The summed E-state index contributed by atoms with van der Waals surface area (Å²) in [5.74, 6) is 0.660. The lowest BCUT2D eigenvalue weighted by atomic mass is 9.99. The zero-order chi connectivity index (χ0) is 18.9. The lowest BCUT2D eigenvalue weighted by molar-refractivity contribution is -0.119. The minimum Gasteiger partial charge on any atom is -0.497 e. The van der Waals surface area contributed by atoms with Gasteiger partial charge in [-0.05, 0) is 24.5 Å². The van der Waals surface area contributed by atoms with E-state index in [2.05, 4.69) is 19.2 Å². The first kappa shape index (κ1) is 21.3. The summed E-state index contributed by atoms with van der Waals surface area (Å²) < 4.78 is 30.4. The molecule has 1 N–H and O–H groups in total. The molecule has 1 aromatic carbocycles. The van der Waals surface area contributed by atoms with Crippen molar-refractivity contribution in [2.45, 2.75) is 39.5 Å². The highest BCUT2D eigenvalue weighted by atomic mass is 32.2. The fourth-order valence-corrected chi connectivity index (χ4v) is 3.40. The molecule has 1 aromatic rings. The van der Waals surface area contributed by atoms with Crippen LogP contribution in [0.15, 0.2) is 24.3 Å². The van der Waals surface area contributed by atoms with Gasteiger partial charge in [-0.1, -0.05) is 39.2 Å². The summed E-state index contributed by atoms with van der Waals surface area (Å²) in [5, 5.41) is 2.87. The minimum absolute atomic E-state index is 0.240. The zero-order valence-corrected chi connectivity index (χ0v) is 16.4. The van der Waals surface area contributed by atoms with Crippen molar-refractivity contribution in [3.8, 4) is 5.75 Å². The van der Waals surface area contributed by atoms with Gasteiger partial charge in [-0.2, -0.15) is 0 Å². The topological polar surface area (TPSA) is 75.7 Å². The van der Waals surface area contributed by atoms with E-state index < -0.39 is 10.0 Å². The molecular formula is C18H30N2O4S. The number of carbonyl (C=O) groups excluding carboxylic acids is 1. The molecule has 0 saturated heterocycles. The van der Waals surface area contributed by atoms with Gasteiger partial charge in [0.1, 0.15) is 12.3 Å². The quantitative estimate of drug-likeness (QED) is 0.650. The molecular weight excluding hydrogens is 340 g/mol. The highest BCUT2D eigenvalue weighted by Crippen LogP contribution is 2.22. The van der Waals surface area contributed by atoms with Crippen LogP contribution < -0.4 is 14.4 Å². The molecule has 0 spiro atoms. The molecule has 0 fully saturated rings. The van der Waals surface area contributed by atoms with Crippen LogP contribution in [0.5, 0.6) is 5.75 Å². The van der Waals surface area contributed by atoms with Crippen molar-refractivity contribution in [1.29, 1.82) is 0 Å². The molecule has 142 valence electrons. The van der Waals surface area contributed by atoms with Gasteiger partial charge < -0.3 is 10.1 Å². The number of unbranched alkanes of at least 4 members (excludes halogenated alkanes) is 1. The summed E-state index contributed by atoms with van der Waals surface area (Å²) >= 11 is 0. The fourth-order valence-electron chi connectivity index (χ4n) is 2.55. The van der Waals surface area contributed by atoms with E-state index in [4.69, 9.17) is 4.74 Å². The van der Waals surface area contributed by atoms with Gasteiger partial charge >= 0.3 is 0 Å². The van der Waals surface area contributed by atoms with Crippen LogP contribution >= 0.6 is 0 Å². The second-order valence-corrected chi connectivity index (χ2v) is 8.10. The standard InChI is InChI=1S/C18H30N2O4S/c1-5-7-9-15(6-2)13-19-18(21)14-20(25(4,22)23)16-10-8-11-17(12-16)24-3/h8,10-12,15H,5-7,9,13-14H2,1-4H3,(H,19,21)/t15-/m0/s1. The number of benzene rings is 1. The van der Waals surface area contributed by atoms with Gasteiger partial charge in [-0.15, -0.1) is 0 Å². The van der Waals surface area contributed by atoms with Crippen LogP contribution in [-0.2, 0) is 14.8 Å². The second-order valence-electron chi connectivity index (χ2n) is 6.19. The van der Waals surface area contributed by atoms with E-state index in [1.165, 1.54) is 7.11 Å². The van der Waals surface area contributed by atoms with Crippen molar-refractivity contribution in [2.75, 3.05) is 30.8 Å². The number of methoxy groups -OCH3 is 1. The number of carbonyl (C=O) groups is 1. The Hall–Kier alpha value is -1.76. The number of ether oxygens (including phenoxy) is 1. The number of rotatable bonds is 11. The average Bonchev–Trinajstić information content (AvgIpc) is 2.59. The molecule has 0 saturated carbocycles. The van der Waals surface area contributed by atoms with Gasteiger partial charge in [0.05, 0.1) is 19.1 Å². The van der Waals surface area contributed by atoms with Crippen molar-refractivity contribution in [3.05, 3.63) is 24.3 Å². The van der Waals surface area contributed by atoms with Gasteiger partial charge in [-0.3, -0.25) is 9.10 Å². The van der Waals surface area contributed by atoms with Crippen LogP contribution in [-0.4, -0.2) is 40.8 Å². The minimum atomic E-state index is -3.58. The van der Waals surface area contributed by atoms with E-state index in [0.29, 0.717) is 23.9 Å². The number of anilines is 1. The molecule has 7 heteroatoms. The van der Waals surface area contributed by atoms with E-state index in [9.17, 15) is 13.2 Å². The smallest absolute Gasteiger partial charge is 0.240 e. The first-order valence-electron chi connectivity index (χ1n) is 8.70. The summed E-state index contributed by atoms with van der Waals surface area (Å²) in [4.78, 5) is 12.3. The zero-order valence-electron chi connectivity index (χ0n) is 15.6. The lowest BCUT2D eigenvalue weighted by Gasteiger charge is -2.23. The summed E-state index contributed by atoms with van der Waals surface area (Å²) in [7, 11) is -2.07. The Labute approximate surface area is 151 Å². The van der Waals surface area contributed by atoms with Crippen LogP contribution in [0.2, 0.25) is 0 Å². The van der Waals surface area contributed by atoms with Crippen LogP contribution in [0.4, 0.5) is 5.69 Å². The number of sulfonamides is 1. The Morgan fingerprint density at radius 3 is 2.60 bits per heavy atom. The van der Waals surface area contributed by atoms with E-state index >= 15 is 0 Å². The lowest BCUT2D eigenvalue weighted by Crippen LogP contribution is -2.41. The monoisotopic (exact) mass is 370 g/mol. The highest BCUT2D eigenvalue weighted by molar-refractivity contribution is 7.92. The molecule has 0 heterocycles. The Morgan fingerprint density at radius 1 is 1.32 bits per heavy atom. The Morgan fingerprint density at radius 2 is 2.04 bits per heavy atom. The largest absolute Gasteiger partial charge is 0.497 e. The summed E-state index contributed by atoms with van der Waals surface area (Å²) in [5.41, 5.74) is 0.412. The SMILES string of the molecule is CCCC[C@H](CC)CNC(=O)CN(c1cccc(OC)c1)S(C)(=O)=O. The predicted octanol–water partition coefficient (Wildman–Crippen LogP) is 2.79. The maximum Gasteiger partial charge on any atom is 0.240 e. The molecule has 25 heavy (non-hydrogen) atoms. The van der Waals surface area contributed by atoms with Crippen LogP contribution in [0.25, 0.3) is 0 Å². The number of hydrogen-bond donors (Lipinski definition) is 1. The van der Waals surface area contributed by atoms with E-state index in [-0.39, 0.29) is 12.5 Å². The number of hydrogen-bond acceptors (Lipinski definition) is 4. The fraction of sp³-hybridized carbons (Fsp3) is 0.611. The highest BCUT2D eigenvalue weighted by Gasteiger charge is 2.21. The molecule has 0 bridgehead atoms. The van der Waals surface area contributed by atoms with E-state index in [1.807, 2.05) is 0 Å². The van der Waals surface area contributed by atoms with Crippen LogP contribution in [0, 0.1) is 5.92 Å². The Balaban J connectivity index is 2.77. The third-order valence-corrected chi connectivity index (χ3v) is 5.30. The summed E-state index contributed by atoms with van der Waals surface area (Å²) in [6.07, 6.45) is 5.41. The Bertz CT molecular complexity index is 646. The van der Waals surface area contributed by atoms with E-state index in [1.54, 1.807) is 24.3 Å².